The Hall–Kier alpha value is -1.84. The Labute approximate surface area is 166 Å². The normalized spacial score (nSPS) is 23.1. The third kappa shape index (κ3) is 4.95. The van der Waals surface area contributed by atoms with Crippen LogP contribution in [0.4, 0.5) is 0 Å². The molecule has 0 radical (unpaired) electrons. The minimum absolute atomic E-state index is 0.0581. The lowest BCUT2D eigenvalue weighted by Gasteiger charge is -2.35. The van der Waals surface area contributed by atoms with Crippen LogP contribution in [0.3, 0.4) is 0 Å². The first-order valence-electron chi connectivity index (χ1n) is 9.45. The van der Waals surface area contributed by atoms with Crippen LogP contribution >= 0.6 is 0 Å². The lowest BCUT2D eigenvalue weighted by atomic mass is 10.0. The van der Waals surface area contributed by atoms with E-state index >= 15 is 0 Å². The molecule has 0 aromatic heterocycles. The number of benzene rings is 1. The summed E-state index contributed by atoms with van der Waals surface area (Å²) >= 11 is 0. The van der Waals surface area contributed by atoms with E-state index in [1.807, 2.05) is 18.2 Å². The standard InChI is InChI=1S/C19H28N2O6S/c1-25-17-4-3-14(11-18(17)26-2)16(21-6-8-27-9-7-21)12-20-19(22)15-5-10-28(23,24)13-15/h3-4,11,15-16H,5-10,12-13H2,1-2H3,(H,20,22). The quantitative estimate of drug-likeness (QED) is 0.702. The lowest BCUT2D eigenvalue weighted by molar-refractivity contribution is -0.124. The van der Waals surface area contributed by atoms with Crippen LogP contribution in [0, 0.1) is 5.92 Å². The van der Waals surface area contributed by atoms with Gasteiger partial charge < -0.3 is 19.5 Å². The number of hydrogen-bond donors (Lipinski definition) is 1. The molecule has 2 saturated heterocycles. The van der Waals surface area contributed by atoms with Crippen LogP contribution in [0.15, 0.2) is 18.2 Å². The van der Waals surface area contributed by atoms with Gasteiger partial charge in [0, 0.05) is 19.6 Å². The van der Waals surface area contributed by atoms with Crippen LogP contribution in [0.25, 0.3) is 0 Å². The molecule has 0 aliphatic carbocycles. The Bertz CT molecular complexity index is 792. The molecule has 2 aliphatic rings. The smallest absolute Gasteiger partial charge is 0.224 e. The van der Waals surface area contributed by atoms with Crippen LogP contribution in [-0.2, 0) is 19.4 Å². The van der Waals surface area contributed by atoms with Gasteiger partial charge in [-0.15, -0.1) is 0 Å². The van der Waals surface area contributed by atoms with Crippen molar-refractivity contribution >= 4 is 15.7 Å². The van der Waals surface area contributed by atoms with Crippen molar-refractivity contribution in [2.75, 3.05) is 58.6 Å². The molecule has 0 spiro atoms. The molecule has 1 N–H and O–H groups in total. The van der Waals surface area contributed by atoms with Gasteiger partial charge in [0.05, 0.1) is 50.9 Å². The topological polar surface area (TPSA) is 94.2 Å². The van der Waals surface area contributed by atoms with Crippen LogP contribution in [-0.4, -0.2) is 77.8 Å². The SMILES string of the molecule is COc1ccc(C(CNC(=O)C2CCS(=O)(=O)C2)N2CCOCC2)cc1OC. The molecule has 2 aliphatic heterocycles. The summed E-state index contributed by atoms with van der Waals surface area (Å²) in [4.78, 5) is 14.8. The molecule has 1 amide bonds. The fraction of sp³-hybridized carbons (Fsp3) is 0.632. The Morgan fingerprint density at radius 3 is 2.57 bits per heavy atom. The maximum absolute atomic E-state index is 12.5. The highest BCUT2D eigenvalue weighted by molar-refractivity contribution is 7.91. The second-order valence-corrected chi connectivity index (χ2v) is 9.35. The van der Waals surface area contributed by atoms with E-state index in [4.69, 9.17) is 14.2 Å². The van der Waals surface area contributed by atoms with E-state index in [0.29, 0.717) is 37.7 Å². The second kappa shape index (κ2) is 9.11. The van der Waals surface area contributed by atoms with E-state index in [1.165, 1.54) is 0 Å². The summed E-state index contributed by atoms with van der Waals surface area (Å²) in [6, 6.07) is 5.68. The van der Waals surface area contributed by atoms with Crippen LogP contribution in [0.1, 0.15) is 18.0 Å². The molecule has 3 rings (SSSR count). The molecule has 0 bridgehead atoms. The molecule has 2 heterocycles. The van der Waals surface area contributed by atoms with Crippen molar-refractivity contribution in [3.63, 3.8) is 0 Å². The van der Waals surface area contributed by atoms with E-state index in [9.17, 15) is 13.2 Å². The van der Waals surface area contributed by atoms with Gasteiger partial charge in [-0.3, -0.25) is 9.69 Å². The Kier molecular flexibility index (Phi) is 6.79. The molecule has 1 aromatic carbocycles. The predicted molar refractivity (Wildman–Crippen MR) is 104 cm³/mol. The number of amides is 1. The molecule has 2 atom stereocenters. The summed E-state index contributed by atoms with van der Waals surface area (Å²) in [5.41, 5.74) is 0.999. The van der Waals surface area contributed by atoms with Crippen LogP contribution in [0.2, 0.25) is 0 Å². The van der Waals surface area contributed by atoms with E-state index in [0.717, 1.165) is 18.7 Å². The average molecular weight is 413 g/mol. The van der Waals surface area contributed by atoms with Gasteiger partial charge in [-0.05, 0) is 24.1 Å². The molecule has 8 nitrogen and oxygen atoms in total. The lowest BCUT2D eigenvalue weighted by Crippen LogP contribution is -2.44. The molecular formula is C19H28N2O6S. The maximum atomic E-state index is 12.5. The molecular weight excluding hydrogens is 384 g/mol. The van der Waals surface area contributed by atoms with E-state index < -0.39 is 15.8 Å². The molecule has 1 aromatic rings. The first-order chi connectivity index (χ1) is 13.4. The third-order valence-corrected chi connectivity index (χ3v) is 7.12. The van der Waals surface area contributed by atoms with Crippen molar-refractivity contribution in [2.24, 2.45) is 5.92 Å². The summed E-state index contributed by atoms with van der Waals surface area (Å²) in [5.74, 6) is 0.657. The van der Waals surface area contributed by atoms with Gasteiger partial charge in [0.1, 0.15) is 0 Å². The van der Waals surface area contributed by atoms with Gasteiger partial charge in [0.15, 0.2) is 21.3 Å². The van der Waals surface area contributed by atoms with Gasteiger partial charge >= 0.3 is 0 Å². The maximum Gasteiger partial charge on any atom is 0.224 e. The molecule has 156 valence electrons. The summed E-state index contributed by atoms with van der Waals surface area (Å²) < 4.78 is 39.5. The fourth-order valence-corrected chi connectivity index (χ4v) is 5.49. The van der Waals surface area contributed by atoms with E-state index in [1.54, 1.807) is 14.2 Å². The number of nitrogens with one attached hydrogen (secondary N) is 1. The number of methoxy groups -OCH3 is 2. The van der Waals surface area contributed by atoms with Gasteiger partial charge in [0.2, 0.25) is 5.91 Å². The predicted octanol–water partition coefficient (Wildman–Crippen LogP) is 0.628. The number of nitrogens with zero attached hydrogens (tertiary/aromatic N) is 1. The zero-order valence-corrected chi connectivity index (χ0v) is 17.2. The third-order valence-electron chi connectivity index (χ3n) is 5.35. The number of carbonyl (C=O) groups is 1. The van der Waals surface area contributed by atoms with Gasteiger partial charge in [0.25, 0.3) is 0 Å². The van der Waals surface area contributed by atoms with Gasteiger partial charge in [-0.2, -0.15) is 0 Å². The molecule has 0 saturated carbocycles. The number of morpholine rings is 1. The van der Waals surface area contributed by atoms with Gasteiger partial charge in [-0.1, -0.05) is 6.07 Å². The summed E-state index contributed by atoms with van der Waals surface area (Å²) in [7, 11) is 0.0945. The molecule has 28 heavy (non-hydrogen) atoms. The van der Waals surface area contributed by atoms with Crippen molar-refractivity contribution in [3.05, 3.63) is 23.8 Å². The van der Waals surface area contributed by atoms with Crippen molar-refractivity contribution < 1.29 is 27.4 Å². The first-order valence-corrected chi connectivity index (χ1v) is 11.3. The Morgan fingerprint density at radius 1 is 1.25 bits per heavy atom. The Balaban J connectivity index is 1.75. The monoisotopic (exact) mass is 412 g/mol. The number of ether oxygens (including phenoxy) is 3. The first kappa shape index (κ1) is 20.9. The van der Waals surface area contributed by atoms with Crippen molar-refractivity contribution in [1.82, 2.24) is 10.2 Å². The van der Waals surface area contributed by atoms with Crippen LogP contribution < -0.4 is 14.8 Å². The van der Waals surface area contributed by atoms with Crippen molar-refractivity contribution in [3.8, 4) is 11.5 Å². The molecule has 2 unspecified atom stereocenters. The highest BCUT2D eigenvalue weighted by Gasteiger charge is 2.33. The summed E-state index contributed by atoms with van der Waals surface area (Å²) in [6.45, 7) is 3.18. The highest BCUT2D eigenvalue weighted by atomic mass is 32.2. The number of carbonyl (C=O) groups excluding carboxylic acids is 1. The number of rotatable bonds is 7. The second-order valence-electron chi connectivity index (χ2n) is 7.12. The fourth-order valence-electron chi connectivity index (χ4n) is 3.75. The van der Waals surface area contributed by atoms with E-state index in [-0.39, 0.29) is 23.5 Å². The van der Waals surface area contributed by atoms with Crippen molar-refractivity contribution in [2.45, 2.75) is 12.5 Å². The average Bonchev–Trinajstić information content (AvgIpc) is 3.08. The summed E-state index contributed by atoms with van der Waals surface area (Å²) in [6.07, 6.45) is 0.396. The van der Waals surface area contributed by atoms with Gasteiger partial charge in [-0.25, -0.2) is 8.42 Å². The largest absolute Gasteiger partial charge is 0.493 e. The zero-order chi connectivity index (χ0) is 20.1. The highest BCUT2D eigenvalue weighted by Crippen LogP contribution is 2.32. The molecule has 9 heteroatoms. The Morgan fingerprint density at radius 2 is 1.96 bits per heavy atom. The zero-order valence-electron chi connectivity index (χ0n) is 16.3. The number of sulfone groups is 1. The number of hydrogen-bond acceptors (Lipinski definition) is 7. The minimum atomic E-state index is -3.09. The van der Waals surface area contributed by atoms with E-state index in [2.05, 4.69) is 10.2 Å². The summed E-state index contributed by atoms with van der Waals surface area (Å²) in [5, 5.41) is 2.97. The molecule has 2 fully saturated rings. The minimum Gasteiger partial charge on any atom is -0.493 e. The van der Waals surface area contributed by atoms with Crippen molar-refractivity contribution in [1.29, 1.82) is 0 Å². The van der Waals surface area contributed by atoms with Crippen LogP contribution in [0.5, 0.6) is 11.5 Å².